The molecular formula is C14H20ClNO2S2. The minimum absolute atomic E-state index is 0.00275. The summed E-state index contributed by atoms with van der Waals surface area (Å²) in [5.41, 5.74) is 1.11. The van der Waals surface area contributed by atoms with Gasteiger partial charge in [0.25, 0.3) is 0 Å². The van der Waals surface area contributed by atoms with Crippen molar-refractivity contribution in [3.05, 3.63) is 34.9 Å². The van der Waals surface area contributed by atoms with Gasteiger partial charge in [0.15, 0.2) is 0 Å². The van der Waals surface area contributed by atoms with Crippen molar-refractivity contribution in [2.45, 2.75) is 24.0 Å². The first-order chi connectivity index (χ1) is 9.56. The molecule has 20 heavy (non-hydrogen) atoms. The molecule has 0 spiro atoms. The van der Waals surface area contributed by atoms with Crippen molar-refractivity contribution in [3.8, 4) is 0 Å². The summed E-state index contributed by atoms with van der Waals surface area (Å²) in [5, 5.41) is 12.8. The van der Waals surface area contributed by atoms with Crippen molar-refractivity contribution in [1.29, 1.82) is 0 Å². The molecule has 6 heteroatoms. The highest BCUT2D eigenvalue weighted by Crippen LogP contribution is 2.16. The maximum Gasteiger partial charge on any atom is 0.230 e. The lowest BCUT2D eigenvalue weighted by Crippen LogP contribution is -2.42. The molecule has 3 nitrogen and oxygen atoms in total. The lowest BCUT2D eigenvalue weighted by atomic mass is 10.2. The van der Waals surface area contributed by atoms with Crippen LogP contribution >= 0.6 is 35.1 Å². The third-order valence-electron chi connectivity index (χ3n) is 2.82. The zero-order chi connectivity index (χ0) is 15.0. The number of thioether (sulfide) groups is 2. The highest BCUT2D eigenvalue weighted by atomic mass is 35.5. The smallest absolute Gasteiger partial charge is 0.230 e. The van der Waals surface area contributed by atoms with Crippen molar-refractivity contribution in [3.63, 3.8) is 0 Å². The van der Waals surface area contributed by atoms with Crippen molar-refractivity contribution in [2.24, 2.45) is 0 Å². The molecule has 0 heterocycles. The monoisotopic (exact) mass is 333 g/mol. The fraction of sp³-hybridized carbons (Fsp3) is 0.500. The molecular weight excluding hydrogens is 314 g/mol. The Kier molecular flexibility index (Phi) is 8.45. The minimum Gasteiger partial charge on any atom is -0.395 e. The summed E-state index contributed by atoms with van der Waals surface area (Å²) < 4.78 is 0. The fourth-order valence-corrected chi connectivity index (χ4v) is 3.34. The first-order valence-electron chi connectivity index (χ1n) is 6.32. The van der Waals surface area contributed by atoms with E-state index in [4.69, 9.17) is 11.6 Å². The summed E-state index contributed by atoms with van der Waals surface area (Å²) in [6.45, 7) is 1.98. The molecule has 112 valence electrons. The highest BCUT2D eigenvalue weighted by Gasteiger charge is 2.17. The van der Waals surface area contributed by atoms with Crippen LogP contribution in [-0.4, -0.2) is 40.9 Å². The molecule has 0 aliphatic heterocycles. The average molecular weight is 334 g/mol. The van der Waals surface area contributed by atoms with Crippen molar-refractivity contribution in [2.75, 3.05) is 18.6 Å². The number of rotatable bonds is 8. The van der Waals surface area contributed by atoms with Gasteiger partial charge in [-0.3, -0.25) is 4.79 Å². The molecule has 0 aliphatic rings. The summed E-state index contributed by atoms with van der Waals surface area (Å²) in [6.07, 6.45) is 1.93. The Morgan fingerprint density at radius 2 is 2.25 bits per heavy atom. The minimum atomic E-state index is -0.0331. The topological polar surface area (TPSA) is 49.3 Å². The number of benzene rings is 1. The second-order valence-electron chi connectivity index (χ2n) is 4.44. The molecule has 2 unspecified atom stereocenters. The average Bonchev–Trinajstić information content (AvgIpc) is 2.40. The van der Waals surface area contributed by atoms with Crippen LogP contribution in [0.2, 0.25) is 5.02 Å². The van der Waals surface area contributed by atoms with E-state index in [0.29, 0.717) is 10.8 Å². The van der Waals surface area contributed by atoms with Crippen molar-refractivity contribution >= 4 is 41.0 Å². The van der Waals surface area contributed by atoms with Crippen LogP contribution in [0, 0.1) is 0 Å². The Morgan fingerprint density at radius 3 is 2.85 bits per heavy atom. The van der Waals surface area contributed by atoms with E-state index >= 15 is 0 Å². The Labute approximate surface area is 133 Å². The van der Waals surface area contributed by atoms with E-state index in [2.05, 4.69) is 5.32 Å². The van der Waals surface area contributed by atoms with E-state index in [-0.39, 0.29) is 23.8 Å². The van der Waals surface area contributed by atoms with Crippen molar-refractivity contribution in [1.82, 2.24) is 5.32 Å². The Bertz CT molecular complexity index is 427. The number of halogens is 1. The molecule has 1 aromatic carbocycles. The maximum absolute atomic E-state index is 11.8. The van der Waals surface area contributed by atoms with Gasteiger partial charge in [0.05, 0.1) is 12.4 Å². The van der Waals surface area contributed by atoms with Crippen LogP contribution in [0.3, 0.4) is 0 Å². The van der Waals surface area contributed by atoms with Gasteiger partial charge >= 0.3 is 0 Å². The van der Waals surface area contributed by atoms with E-state index in [0.717, 1.165) is 11.3 Å². The first kappa shape index (κ1) is 17.7. The summed E-state index contributed by atoms with van der Waals surface area (Å²) in [4.78, 5) is 11.8. The summed E-state index contributed by atoms with van der Waals surface area (Å²) in [6, 6.07) is 7.61. The first-order valence-corrected chi connectivity index (χ1v) is 9.14. The number of hydrogen-bond acceptors (Lipinski definition) is 4. The van der Waals surface area contributed by atoms with Crippen LogP contribution in [0.1, 0.15) is 12.5 Å². The lowest BCUT2D eigenvalue weighted by Gasteiger charge is -2.21. The Morgan fingerprint density at radius 1 is 1.50 bits per heavy atom. The SMILES string of the molecule is CSC(CO)C(C)NC(=O)CSCc1cccc(Cl)c1. The second-order valence-corrected chi connectivity index (χ2v) is 6.93. The van der Waals surface area contributed by atoms with Crippen LogP contribution in [0.25, 0.3) is 0 Å². The van der Waals surface area contributed by atoms with E-state index in [1.807, 2.05) is 37.4 Å². The largest absolute Gasteiger partial charge is 0.395 e. The predicted molar refractivity (Wildman–Crippen MR) is 89.6 cm³/mol. The fourth-order valence-electron chi connectivity index (χ4n) is 1.71. The van der Waals surface area contributed by atoms with Crippen LogP contribution in [0.5, 0.6) is 0 Å². The molecule has 2 atom stereocenters. The lowest BCUT2D eigenvalue weighted by molar-refractivity contribution is -0.119. The Hall–Kier alpha value is -0.360. The third kappa shape index (κ3) is 6.39. The normalized spacial score (nSPS) is 13.8. The van der Waals surface area contributed by atoms with E-state index < -0.39 is 0 Å². The van der Waals surface area contributed by atoms with Crippen molar-refractivity contribution < 1.29 is 9.90 Å². The molecule has 1 rings (SSSR count). The van der Waals surface area contributed by atoms with Gasteiger partial charge in [0, 0.05) is 22.1 Å². The maximum atomic E-state index is 11.8. The number of nitrogens with one attached hydrogen (secondary N) is 1. The second kappa shape index (κ2) is 9.55. The zero-order valence-electron chi connectivity index (χ0n) is 11.6. The van der Waals surface area contributed by atoms with Gasteiger partial charge in [0.1, 0.15) is 0 Å². The quantitative estimate of drug-likeness (QED) is 0.768. The zero-order valence-corrected chi connectivity index (χ0v) is 14.0. The molecule has 0 saturated carbocycles. The summed E-state index contributed by atoms with van der Waals surface area (Å²) >= 11 is 9.02. The number of amides is 1. The van der Waals surface area contributed by atoms with Crippen LogP contribution in [-0.2, 0) is 10.5 Å². The standard InChI is InChI=1S/C14H20ClNO2S2/c1-10(13(7-17)19-2)16-14(18)9-20-8-11-4-3-5-12(15)6-11/h3-6,10,13,17H,7-9H2,1-2H3,(H,16,18). The van der Waals surface area contributed by atoms with Gasteiger partial charge in [-0.25, -0.2) is 0 Å². The predicted octanol–water partition coefficient (Wildman–Crippen LogP) is 2.80. The van der Waals surface area contributed by atoms with E-state index in [9.17, 15) is 9.90 Å². The number of hydrogen-bond donors (Lipinski definition) is 2. The molecule has 0 fully saturated rings. The molecule has 1 aromatic rings. The van der Waals surface area contributed by atoms with Gasteiger partial charge in [0.2, 0.25) is 5.91 Å². The number of carbonyl (C=O) groups excluding carboxylic acids is 1. The Balaban J connectivity index is 2.30. The molecule has 0 radical (unpaired) electrons. The van der Waals surface area contributed by atoms with Gasteiger partial charge in [-0.15, -0.1) is 11.8 Å². The van der Waals surface area contributed by atoms with E-state index in [1.165, 1.54) is 0 Å². The van der Waals surface area contributed by atoms with Gasteiger partial charge in [-0.05, 0) is 30.9 Å². The van der Waals surface area contributed by atoms with Crippen LogP contribution in [0.15, 0.2) is 24.3 Å². The van der Waals surface area contributed by atoms with Gasteiger partial charge in [-0.1, -0.05) is 23.7 Å². The van der Waals surface area contributed by atoms with Gasteiger partial charge < -0.3 is 10.4 Å². The van der Waals surface area contributed by atoms with E-state index in [1.54, 1.807) is 23.5 Å². The molecule has 1 amide bonds. The molecule has 0 aromatic heterocycles. The third-order valence-corrected chi connectivity index (χ3v) is 5.22. The molecule has 0 saturated heterocycles. The van der Waals surface area contributed by atoms with Crippen LogP contribution < -0.4 is 5.32 Å². The summed E-state index contributed by atoms with van der Waals surface area (Å²) in [7, 11) is 0. The highest BCUT2D eigenvalue weighted by molar-refractivity contribution is 7.99. The molecule has 2 N–H and O–H groups in total. The number of aliphatic hydroxyl groups is 1. The van der Waals surface area contributed by atoms with Gasteiger partial charge in [-0.2, -0.15) is 11.8 Å². The number of carbonyl (C=O) groups is 1. The van der Waals surface area contributed by atoms with Crippen LogP contribution in [0.4, 0.5) is 0 Å². The molecule has 0 bridgehead atoms. The molecule has 0 aliphatic carbocycles. The number of aliphatic hydroxyl groups excluding tert-OH is 1. The summed E-state index contributed by atoms with van der Waals surface area (Å²) in [5.74, 6) is 1.16.